The lowest BCUT2D eigenvalue weighted by molar-refractivity contribution is -0.114. The van der Waals surface area contributed by atoms with E-state index < -0.39 is 0 Å². The maximum Gasteiger partial charge on any atom is 0.251 e. The molecule has 0 saturated carbocycles. The number of ketones is 1. The number of nitrogens with zero attached hydrogens (tertiary/aromatic N) is 1. The molecule has 1 atom stereocenters. The number of halogens is 2. The highest BCUT2D eigenvalue weighted by atomic mass is 35.5. The van der Waals surface area contributed by atoms with Crippen molar-refractivity contribution >= 4 is 46.7 Å². The first-order valence-electron chi connectivity index (χ1n) is 7.53. The van der Waals surface area contributed by atoms with Crippen molar-refractivity contribution in [1.29, 1.82) is 0 Å². The average Bonchev–Trinajstić information content (AvgIpc) is 2.85. The minimum atomic E-state index is -0.209. The van der Waals surface area contributed by atoms with Gasteiger partial charge in [-0.25, -0.2) is 0 Å². The van der Waals surface area contributed by atoms with E-state index in [1.54, 1.807) is 30.0 Å². The van der Waals surface area contributed by atoms with Crippen LogP contribution in [0.15, 0.2) is 41.0 Å². The number of benzene rings is 1. The van der Waals surface area contributed by atoms with Gasteiger partial charge in [0.1, 0.15) is 0 Å². The summed E-state index contributed by atoms with van der Waals surface area (Å²) in [6.45, 7) is 0.503. The number of likely N-dealkylation sites (N-methyl/N-ethyl adjacent to an activating group) is 1. The molecule has 1 aliphatic carbocycles. The molecule has 0 saturated heterocycles. The van der Waals surface area contributed by atoms with Gasteiger partial charge in [0.05, 0.1) is 16.0 Å². The molecule has 0 radical (unpaired) electrons. The van der Waals surface area contributed by atoms with Gasteiger partial charge in [-0.3, -0.25) is 9.59 Å². The normalized spacial score (nSPS) is 19.7. The van der Waals surface area contributed by atoms with Crippen LogP contribution in [0.5, 0.6) is 0 Å². The minimum absolute atomic E-state index is 0.143. The van der Waals surface area contributed by atoms with Gasteiger partial charge < -0.3 is 10.2 Å². The summed E-state index contributed by atoms with van der Waals surface area (Å²) in [5.41, 5.74) is 1.42. The zero-order valence-electron chi connectivity index (χ0n) is 13.0. The SMILES string of the molecule is CN1C2=C(SC1CCNC(=O)c1cc(Cl)cc(Cl)c1)C(=O)CC=C2. The molecule has 1 aromatic rings. The van der Waals surface area contributed by atoms with Crippen molar-refractivity contribution in [3.8, 4) is 0 Å². The third-order valence-electron chi connectivity index (χ3n) is 3.93. The Morgan fingerprint density at radius 3 is 2.71 bits per heavy atom. The quantitative estimate of drug-likeness (QED) is 0.858. The van der Waals surface area contributed by atoms with E-state index >= 15 is 0 Å². The third-order valence-corrected chi connectivity index (χ3v) is 5.87. The summed E-state index contributed by atoms with van der Waals surface area (Å²) in [6, 6.07) is 4.76. The van der Waals surface area contributed by atoms with Gasteiger partial charge in [-0.15, -0.1) is 0 Å². The van der Waals surface area contributed by atoms with E-state index in [4.69, 9.17) is 23.2 Å². The molecule has 3 rings (SSSR count). The van der Waals surface area contributed by atoms with Gasteiger partial charge in [-0.2, -0.15) is 0 Å². The van der Waals surface area contributed by atoms with E-state index in [1.165, 1.54) is 0 Å². The average molecular weight is 383 g/mol. The summed E-state index contributed by atoms with van der Waals surface area (Å²) in [7, 11) is 1.97. The maximum absolute atomic E-state index is 12.2. The zero-order chi connectivity index (χ0) is 17.3. The van der Waals surface area contributed by atoms with Crippen LogP contribution in [0.2, 0.25) is 10.0 Å². The molecule has 1 amide bonds. The Morgan fingerprint density at radius 1 is 1.33 bits per heavy atom. The fourth-order valence-corrected chi connectivity index (χ4v) is 4.56. The van der Waals surface area contributed by atoms with Gasteiger partial charge in [0, 0.05) is 35.6 Å². The molecule has 0 bridgehead atoms. The first-order chi connectivity index (χ1) is 11.5. The Kier molecular flexibility index (Phi) is 5.23. The number of allylic oxidation sites excluding steroid dienone is 3. The fourth-order valence-electron chi connectivity index (χ4n) is 2.71. The van der Waals surface area contributed by atoms with Crippen molar-refractivity contribution in [1.82, 2.24) is 10.2 Å². The molecular weight excluding hydrogens is 367 g/mol. The number of Topliss-reactive ketones (excluding diaryl/α,β-unsaturated/α-hetero) is 1. The summed E-state index contributed by atoms with van der Waals surface area (Å²) >= 11 is 13.4. The molecule has 1 aliphatic heterocycles. The molecule has 0 aromatic heterocycles. The second kappa shape index (κ2) is 7.21. The number of rotatable bonds is 4. The van der Waals surface area contributed by atoms with E-state index in [0.717, 1.165) is 17.0 Å². The number of thioether (sulfide) groups is 1. The van der Waals surface area contributed by atoms with Crippen molar-refractivity contribution in [2.45, 2.75) is 18.2 Å². The van der Waals surface area contributed by atoms with Crippen LogP contribution >= 0.6 is 35.0 Å². The lowest BCUT2D eigenvalue weighted by Crippen LogP contribution is -2.31. The maximum atomic E-state index is 12.2. The molecule has 7 heteroatoms. The van der Waals surface area contributed by atoms with Gasteiger partial charge in [0.25, 0.3) is 5.91 Å². The van der Waals surface area contributed by atoms with E-state index in [9.17, 15) is 9.59 Å². The molecule has 24 heavy (non-hydrogen) atoms. The Morgan fingerprint density at radius 2 is 2.04 bits per heavy atom. The predicted molar refractivity (Wildman–Crippen MR) is 98.3 cm³/mol. The van der Waals surface area contributed by atoms with Crippen LogP contribution in [0.1, 0.15) is 23.2 Å². The molecule has 0 spiro atoms. The summed E-state index contributed by atoms with van der Waals surface area (Å²) in [4.78, 5) is 27.1. The van der Waals surface area contributed by atoms with Crippen LogP contribution in [0.25, 0.3) is 0 Å². The van der Waals surface area contributed by atoms with Crippen LogP contribution in [0.4, 0.5) is 0 Å². The summed E-state index contributed by atoms with van der Waals surface area (Å²) < 4.78 is 0. The Hall–Kier alpha value is -1.43. The number of hydrogen-bond acceptors (Lipinski definition) is 4. The van der Waals surface area contributed by atoms with Crippen LogP contribution in [0, 0.1) is 0 Å². The Labute approximate surface area is 154 Å². The summed E-state index contributed by atoms with van der Waals surface area (Å²) in [5.74, 6) is -0.0387. The van der Waals surface area contributed by atoms with Gasteiger partial charge in [0.15, 0.2) is 5.78 Å². The third kappa shape index (κ3) is 3.63. The van der Waals surface area contributed by atoms with Crippen LogP contribution < -0.4 is 5.32 Å². The molecule has 4 nitrogen and oxygen atoms in total. The van der Waals surface area contributed by atoms with Crippen molar-refractivity contribution in [3.63, 3.8) is 0 Å². The number of carbonyl (C=O) groups is 2. The second-order valence-corrected chi connectivity index (χ2v) is 7.69. The molecule has 1 unspecified atom stereocenters. The number of hydrogen-bond donors (Lipinski definition) is 1. The van der Waals surface area contributed by atoms with Gasteiger partial charge in [-0.05, 0) is 30.7 Å². The van der Waals surface area contributed by atoms with Crippen LogP contribution in [-0.2, 0) is 4.79 Å². The van der Waals surface area contributed by atoms with Gasteiger partial charge >= 0.3 is 0 Å². The van der Waals surface area contributed by atoms with Crippen LogP contribution in [0.3, 0.4) is 0 Å². The molecule has 1 aromatic carbocycles. The molecular formula is C17H16Cl2N2O2S. The first-order valence-corrected chi connectivity index (χ1v) is 9.17. The lowest BCUT2D eigenvalue weighted by Gasteiger charge is -2.23. The largest absolute Gasteiger partial charge is 0.361 e. The van der Waals surface area contributed by atoms with Crippen molar-refractivity contribution < 1.29 is 9.59 Å². The van der Waals surface area contributed by atoms with Gasteiger partial charge in [0.2, 0.25) is 0 Å². The Bertz CT molecular complexity index is 741. The fraction of sp³-hybridized carbons (Fsp3) is 0.294. The zero-order valence-corrected chi connectivity index (χ0v) is 15.3. The van der Waals surface area contributed by atoms with Gasteiger partial charge in [-0.1, -0.05) is 41.0 Å². The highest BCUT2D eigenvalue weighted by Crippen LogP contribution is 2.41. The minimum Gasteiger partial charge on any atom is -0.361 e. The predicted octanol–water partition coefficient (Wildman–Crippen LogP) is 3.86. The smallest absolute Gasteiger partial charge is 0.251 e. The second-order valence-electron chi connectivity index (χ2n) is 5.63. The molecule has 126 valence electrons. The molecule has 1 heterocycles. The van der Waals surface area contributed by atoms with Crippen molar-refractivity contribution in [2.24, 2.45) is 0 Å². The molecule has 1 N–H and O–H groups in total. The van der Waals surface area contributed by atoms with E-state index in [0.29, 0.717) is 28.6 Å². The van der Waals surface area contributed by atoms with Crippen LogP contribution in [-0.4, -0.2) is 35.6 Å². The highest BCUT2D eigenvalue weighted by Gasteiger charge is 2.33. The van der Waals surface area contributed by atoms with E-state index in [2.05, 4.69) is 10.2 Å². The topological polar surface area (TPSA) is 49.4 Å². The monoisotopic (exact) mass is 382 g/mol. The lowest BCUT2D eigenvalue weighted by atomic mass is 10.1. The number of amides is 1. The standard InChI is InChI=1S/C17H16Cl2N2O2S/c1-21-13-3-2-4-14(22)16(13)24-15(21)5-6-20-17(23)10-7-11(18)9-12(19)8-10/h2-3,7-9,15H,4-6H2,1H3,(H,20,23). The Balaban J connectivity index is 1.55. The molecule has 0 fully saturated rings. The summed E-state index contributed by atoms with van der Waals surface area (Å²) in [6.07, 6.45) is 5.09. The summed E-state index contributed by atoms with van der Waals surface area (Å²) in [5, 5.41) is 3.88. The number of carbonyl (C=O) groups excluding carboxylic acids is 2. The van der Waals surface area contributed by atoms with E-state index in [1.807, 2.05) is 19.2 Å². The first kappa shape index (κ1) is 17.4. The van der Waals surface area contributed by atoms with Crippen molar-refractivity contribution in [2.75, 3.05) is 13.6 Å². The van der Waals surface area contributed by atoms with Crippen molar-refractivity contribution in [3.05, 3.63) is 56.6 Å². The highest BCUT2D eigenvalue weighted by molar-refractivity contribution is 8.04. The van der Waals surface area contributed by atoms with E-state index in [-0.39, 0.29) is 17.1 Å². The molecule has 2 aliphatic rings. The number of nitrogens with one attached hydrogen (secondary N) is 1.